The molecule has 5 aliphatic rings. The predicted octanol–water partition coefficient (Wildman–Crippen LogP) is 5.06. The largest absolute Gasteiger partial charge is 0.462 e. The first-order chi connectivity index (χ1) is 16.2. The van der Waals surface area contributed by atoms with Gasteiger partial charge in [-0.3, -0.25) is 4.79 Å². The van der Waals surface area contributed by atoms with Crippen molar-refractivity contribution in [1.82, 2.24) is 0 Å². The van der Waals surface area contributed by atoms with Gasteiger partial charge in [-0.15, -0.1) is 0 Å². The van der Waals surface area contributed by atoms with Gasteiger partial charge in [0.25, 0.3) is 0 Å². The maximum atomic E-state index is 12.0. The second-order valence-electron chi connectivity index (χ2n) is 10.4. The molecule has 0 bridgehead atoms. The number of hydrogen-bond donors (Lipinski definition) is 0. The molecular weight excluding hydrogens is 420 g/mol. The smallest absolute Gasteiger partial charge is 0.306 e. The minimum Gasteiger partial charge on any atom is -0.462 e. The van der Waals surface area contributed by atoms with E-state index < -0.39 is 0 Å². The average Bonchev–Trinajstić information content (AvgIpc) is 3.35. The third kappa shape index (κ3) is 6.27. The molecular formula is C27H40O6. The topological polar surface area (TPSA) is 63.2 Å². The molecule has 33 heavy (non-hydrogen) atoms. The third-order valence-corrected chi connectivity index (χ3v) is 7.92. The maximum Gasteiger partial charge on any atom is 0.306 e. The standard InChI is InChI=1S/C27H40O6/c28-25-17-22-21(23(18-24(22)32-25)33-27-11-5-7-15-30-27)13-12-20(16-19-8-2-1-3-9-19)31-26-10-4-6-14-29-26/h2,8,12-13,19-24,26-27H,1,3-7,9-11,14-18H2/t19?,20-,21-,22-,23-,24+,26?,27?/m1/s1. The van der Waals surface area contributed by atoms with Crippen molar-refractivity contribution in [1.29, 1.82) is 0 Å². The molecule has 1 saturated carbocycles. The molecule has 0 radical (unpaired) electrons. The first kappa shape index (κ1) is 23.5. The predicted molar refractivity (Wildman–Crippen MR) is 123 cm³/mol. The van der Waals surface area contributed by atoms with E-state index in [2.05, 4.69) is 24.3 Å². The maximum absolute atomic E-state index is 12.0. The van der Waals surface area contributed by atoms with E-state index in [0.717, 1.165) is 64.6 Å². The van der Waals surface area contributed by atoms with Crippen molar-refractivity contribution in [2.75, 3.05) is 13.2 Å². The highest BCUT2D eigenvalue weighted by Crippen LogP contribution is 2.44. The molecule has 8 atom stereocenters. The molecule has 5 rings (SSSR count). The van der Waals surface area contributed by atoms with Crippen LogP contribution in [0, 0.1) is 17.8 Å². The number of carbonyl (C=O) groups excluding carboxylic acids is 1. The summed E-state index contributed by atoms with van der Waals surface area (Å²) in [5.74, 6) is 0.801. The summed E-state index contributed by atoms with van der Waals surface area (Å²) in [6.45, 7) is 1.56. The summed E-state index contributed by atoms with van der Waals surface area (Å²) in [5, 5.41) is 0. The lowest BCUT2D eigenvalue weighted by Gasteiger charge is -2.30. The molecule has 4 fully saturated rings. The highest BCUT2D eigenvalue weighted by Gasteiger charge is 2.50. The van der Waals surface area contributed by atoms with E-state index in [1.807, 2.05) is 0 Å². The molecule has 0 aromatic heterocycles. The molecule has 0 amide bonds. The minimum atomic E-state index is -0.135. The van der Waals surface area contributed by atoms with Crippen molar-refractivity contribution in [2.45, 2.75) is 108 Å². The summed E-state index contributed by atoms with van der Waals surface area (Å²) < 4.78 is 30.3. The number of ether oxygens (including phenoxy) is 5. The van der Waals surface area contributed by atoms with Crippen LogP contribution in [-0.2, 0) is 28.5 Å². The molecule has 3 aliphatic heterocycles. The van der Waals surface area contributed by atoms with Crippen molar-refractivity contribution >= 4 is 5.97 Å². The lowest BCUT2D eigenvalue weighted by molar-refractivity contribution is -0.194. The highest BCUT2D eigenvalue weighted by atomic mass is 16.7. The molecule has 3 saturated heterocycles. The number of hydrogen-bond acceptors (Lipinski definition) is 6. The Kier molecular flexibility index (Phi) is 8.18. The molecule has 0 aromatic rings. The van der Waals surface area contributed by atoms with Crippen LogP contribution in [0.3, 0.4) is 0 Å². The van der Waals surface area contributed by atoms with Crippen molar-refractivity contribution in [2.24, 2.45) is 17.8 Å². The Bertz CT molecular complexity index is 693. The van der Waals surface area contributed by atoms with Crippen LogP contribution >= 0.6 is 0 Å². The van der Waals surface area contributed by atoms with Gasteiger partial charge in [-0.1, -0.05) is 24.3 Å². The minimum absolute atomic E-state index is 0.00417. The second kappa shape index (κ2) is 11.5. The van der Waals surface area contributed by atoms with Gasteiger partial charge in [-0.05, 0) is 70.1 Å². The van der Waals surface area contributed by atoms with Gasteiger partial charge in [-0.25, -0.2) is 0 Å². The fourth-order valence-corrected chi connectivity index (χ4v) is 6.15. The van der Waals surface area contributed by atoms with Crippen molar-refractivity contribution in [3.63, 3.8) is 0 Å². The zero-order valence-electron chi connectivity index (χ0n) is 19.8. The van der Waals surface area contributed by atoms with E-state index in [1.165, 1.54) is 19.3 Å². The number of rotatable bonds is 8. The summed E-state index contributed by atoms with van der Waals surface area (Å²) in [5.41, 5.74) is 0. The molecule has 2 aliphatic carbocycles. The number of carbonyl (C=O) groups is 1. The number of esters is 1. The Morgan fingerprint density at radius 3 is 2.58 bits per heavy atom. The first-order valence-electron chi connectivity index (χ1n) is 13.3. The zero-order valence-corrected chi connectivity index (χ0v) is 19.8. The summed E-state index contributed by atoms with van der Waals surface area (Å²) >= 11 is 0. The normalized spacial score (nSPS) is 40.1. The Morgan fingerprint density at radius 2 is 1.85 bits per heavy atom. The van der Waals surface area contributed by atoms with Crippen LogP contribution < -0.4 is 0 Å². The van der Waals surface area contributed by atoms with E-state index in [0.29, 0.717) is 12.3 Å². The van der Waals surface area contributed by atoms with Gasteiger partial charge in [-0.2, -0.15) is 0 Å². The summed E-state index contributed by atoms with van der Waals surface area (Å²) in [6, 6.07) is 0. The summed E-state index contributed by atoms with van der Waals surface area (Å²) in [7, 11) is 0. The molecule has 3 heterocycles. The molecule has 0 aromatic carbocycles. The molecule has 184 valence electrons. The second-order valence-corrected chi connectivity index (χ2v) is 10.4. The third-order valence-electron chi connectivity index (χ3n) is 7.92. The summed E-state index contributed by atoms with van der Waals surface area (Å²) in [6.07, 6.45) is 21.2. The van der Waals surface area contributed by atoms with Gasteiger partial charge in [0.1, 0.15) is 6.10 Å². The van der Waals surface area contributed by atoms with E-state index in [-0.39, 0.29) is 48.7 Å². The lowest BCUT2D eigenvalue weighted by Crippen LogP contribution is -2.31. The van der Waals surface area contributed by atoms with Gasteiger partial charge >= 0.3 is 5.97 Å². The zero-order chi connectivity index (χ0) is 22.5. The number of fused-ring (bicyclic) bond motifs is 1. The van der Waals surface area contributed by atoms with Crippen LogP contribution in [0.2, 0.25) is 0 Å². The summed E-state index contributed by atoms with van der Waals surface area (Å²) in [4.78, 5) is 12.0. The van der Waals surface area contributed by atoms with Crippen molar-refractivity contribution in [3.8, 4) is 0 Å². The van der Waals surface area contributed by atoms with Crippen LogP contribution in [0.15, 0.2) is 24.3 Å². The highest BCUT2D eigenvalue weighted by molar-refractivity contribution is 5.72. The van der Waals surface area contributed by atoms with Gasteiger partial charge in [0.15, 0.2) is 12.6 Å². The first-order valence-corrected chi connectivity index (χ1v) is 13.3. The molecule has 0 spiro atoms. The fraction of sp³-hybridized carbons (Fsp3) is 0.815. The van der Waals surface area contributed by atoms with E-state index in [4.69, 9.17) is 23.7 Å². The van der Waals surface area contributed by atoms with Gasteiger partial charge in [0.2, 0.25) is 0 Å². The molecule has 6 nitrogen and oxygen atoms in total. The molecule has 0 N–H and O–H groups in total. The van der Waals surface area contributed by atoms with E-state index in [1.54, 1.807) is 0 Å². The Labute approximate surface area is 198 Å². The monoisotopic (exact) mass is 460 g/mol. The average molecular weight is 461 g/mol. The number of allylic oxidation sites excluding steroid dienone is 2. The van der Waals surface area contributed by atoms with Crippen LogP contribution in [0.25, 0.3) is 0 Å². The van der Waals surface area contributed by atoms with Crippen LogP contribution in [0.5, 0.6) is 0 Å². The SMILES string of the molecule is O=C1C[C@@H]2[C@@H](C=C[C@H](CC3C=CCCC3)OC3CCCCO3)[C@H](OC3CCCCO3)C[C@@H]2O1. The quantitative estimate of drug-likeness (QED) is 0.372. The Hall–Kier alpha value is -1.21. The fourth-order valence-electron chi connectivity index (χ4n) is 6.15. The lowest BCUT2D eigenvalue weighted by atomic mass is 9.88. The Balaban J connectivity index is 1.28. The van der Waals surface area contributed by atoms with Gasteiger partial charge in [0.05, 0.1) is 18.6 Å². The van der Waals surface area contributed by atoms with Gasteiger partial charge < -0.3 is 23.7 Å². The molecule has 3 unspecified atom stereocenters. The van der Waals surface area contributed by atoms with E-state index in [9.17, 15) is 4.79 Å². The van der Waals surface area contributed by atoms with Crippen molar-refractivity contribution in [3.05, 3.63) is 24.3 Å². The van der Waals surface area contributed by atoms with Crippen LogP contribution in [0.1, 0.15) is 77.0 Å². The van der Waals surface area contributed by atoms with Crippen LogP contribution in [0.4, 0.5) is 0 Å². The Morgan fingerprint density at radius 1 is 1.03 bits per heavy atom. The molecule has 6 heteroatoms. The van der Waals surface area contributed by atoms with Gasteiger partial charge in [0, 0.05) is 31.5 Å². The van der Waals surface area contributed by atoms with Crippen LogP contribution in [-0.4, -0.2) is 50.1 Å². The van der Waals surface area contributed by atoms with E-state index >= 15 is 0 Å². The van der Waals surface area contributed by atoms with Crippen molar-refractivity contribution < 1.29 is 28.5 Å².